The third kappa shape index (κ3) is 4.42. The number of rotatable bonds is 9. The number of carbonyl (C=O) groups excluding carboxylic acids is 3. The summed E-state index contributed by atoms with van der Waals surface area (Å²) < 4.78 is 4.76. The van der Waals surface area contributed by atoms with Crippen LogP contribution in [0.4, 0.5) is 0 Å². The average Bonchev–Trinajstić information content (AvgIpc) is 3.55. The lowest BCUT2D eigenvalue weighted by Crippen LogP contribution is -2.57. The van der Waals surface area contributed by atoms with Crippen molar-refractivity contribution in [2.75, 3.05) is 53.0 Å². The van der Waals surface area contributed by atoms with E-state index in [4.69, 9.17) is 4.74 Å². The molecule has 0 radical (unpaired) electrons. The number of nitrogens with one attached hydrogen (secondary N) is 2. The fraction of sp³-hybridized carbons (Fsp3) is 0.654. The summed E-state index contributed by atoms with van der Waals surface area (Å²) in [6.45, 7) is 4.01. The Morgan fingerprint density at radius 3 is 2.67 bits per heavy atom. The summed E-state index contributed by atoms with van der Waals surface area (Å²) in [4.78, 5) is 44.7. The zero-order valence-electron chi connectivity index (χ0n) is 20.7. The number of ether oxygens (including phenoxy) is 1. The van der Waals surface area contributed by atoms with Gasteiger partial charge in [-0.3, -0.25) is 19.3 Å². The molecule has 1 spiro atoms. The van der Waals surface area contributed by atoms with Crippen molar-refractivity contribution in [1.82, 2.24) is 20.4 Å². The van der Waals surface area contributed by atoms with Gasteiger partial charge in [-0.05, 0) is 24.8 Å². The van der Waals surface area contributed by atoms with Gasteiger partial charge >= 0.3 is 0 Å². The molecule has 9 nitrogen and oxygen atoms in total. The van der Waals surface area contributed by atoms with Gasteiger partial charge in [0, 0.05) is 38.5 Å². The number of carbonyl (C=O) groups is 3. The molecule has 4 fully saturated rings. The van der Waals surface area contributed by atoms with Crippen LogP contribution in [0.25, 0.3) is 0 Å². The van der Waals surface area contributed by atoms with E-state index in [1.54, 1.807) is 23.7 Å². The van der Waals surface area contributed by atoms with Crippen LogP contribution in [0.3, 0.4) is 0 Å². The highest BCUT2D eigenvalue weighted by Gasteiger charge is 2.74. The van der Waals surface area contributed by atoms with Crippen LogP contribution in [0, 0.1) is 11.8 Å². The maximum atomic E-state index is 14.0. The molecule has 0 saturated carbocycles. The molecule has 196 valence electrons. The van der Waals surface area contributed by atoms with Crippen LogP contribution >= 0.6 is 11.8 Å². The molecular formula is C26H36N4O5S. The zero-order valence-corrected chi connectivity index (χ0v) is 21.5. The van der Waals surface area contributed by atoms with Gasteiger partial charge in [0.25, 0.3) is 0 Å². The molecule has 1 aromatic carbocycles. The van der Waals surface area contributed by atoms with Gasteiger partial charge in [-0.15, -0.1) is 11.8 Å². The molecule has 3 amide bonds. The summed E-state index contributed by atoms with van der Waals surface area (Å²) >= 11 is 1.65. The van der Waals surface area contributed by atoms with Crippen LogP contribution in [-0.4, -0.2) is 108 Å². The Morgan fingerprint density at radius 2 is 1.97 bits per heavy atom. The van der Waals surface area contributed by atoms with Gasteiger partial charge < -0.3 is 25.4 Å². The fourth-order valence-corrected chi connectivity index (χ4v) is 8.85. The van der Waals surface area contributed by atoms with E-state index in [1.165, 1.54) is 0 Å². The first-order chi connectivity index (χ1) is 17.5. The highest BCUT2D eigenvalue weighted by Crippen LogP contribution is 2.66. The van der Waals surface area contributed by atoms with Crippen LogP contribution < -0.4 is 10.6 Å². The van der Waals surface area contributed by atoms with Crippen molar-refractivity contribution in [3.05, 3.63) is 35.9 Å². The fourth-order valence-electron chi connectivity index (χ4n) is 6.65. The van der Waals surface area contributed by atoms with Crippen molar-refractivity contribution in [2.24, 2.45) is 11.8 Å². The Bertz CT molecular complexity index is 974. The van der Waals surface area contributed by atoms with Gasteiger partial charge in [-0.1, -0.05) is 30.3 Å². The topological polar surface area (TPSA) is 111 Å². The highest BCUT2D eigenvalue weighted by atomic mass is 32.2. The molecule has 4 heterocycles. The second-order valence-corrected chi connectivity index (χ2v) is 11.8. The van der Waals surface area contributed by atoms with Crippen molar-refractivity contribution in [2.45, 2.75) is 41.3 Å². The van der Waals surface area contributed by atoms with E-state index in [-0.39, 0.29) is 29.6 Å². The molecule has 2 unspecified atom stereocenters. The molecular weight excluding hydrogens is 480 g/mol. The van der Waals surface area contributed by atoms with E-state index in [1.807, 2.05) is 30.3 Å². The van der Waals surface area contributed by atoms with Gasteiger partial charge in [-0.25, -0.2) is 0 Å². The van der Waals surface area contributed by atoms with E-state index < -0.39 is 28.7 Å². The summed E-state index contributed by atoms with van der Waals surface area (Å²) in [5.41, 5.74) is 0.991. The quantitative estimate of drug-likeness (QED) is 0.420. The van der Waals surface area contributed by atoms with Gasteiger partial charge in [0.1, 0.15) is 6.04 Å². The third-order valence-corrected chi connectivity index (χ3v) is 10.2. The summed E-state index contributed by atoms with van der Waals surface area (Å²) in [7, 11) is 1.60. The molecule has 0 aromatic heterocycles. The molecule has 2 bridgehead atoms. The number of fused-ring (bicyclic) bond motifs is 1. The molecule has 6 atom stereocenters. The SMILES string of the molecule is CNC(=O)[C@@H]1[C@H]2C(=O)N([C@@H](CO)Cc3ccccc3)C(C(=O)NCCN3CCOCC3)C23CC[C@H]1S3. The second kappa shape index (κ2) is 10.7. The van der Waals surface area contributed by atoms with E-state index in [9.17, 15) is 19.5 Å². The first kappa shape index (κ1) is 25.5. The normalized spacial score (nSPS) is 32.4. The first-order valence-corrected chi connectivity index (χ1v) is 13.8. The van der Waals surface area contributed by atoms with Crippen LogP contribution in [0.1, 0.15) is 18.4 Å². The number of thioether (sulfide) groups is 1. The Kier molecular flexibility index (Phi) is 7.57. The smallest absolute Gasteiger partial charge is 0.244 e. The number of nitrogens with zero attached hydrogens (tertiary/aromatic N) is 2. The predicted octanol–water partition coefficient (Wildman–Crippen LogP) is -0.124. The van der Waals surface area contributed by atoms with Crippen molar-refractivity contribution in [3.63, 3.8) is 0 Å². The Morgan fingerprint density at radius 1 is 1.22 bits per heavy atom. The summed E-state index contributed by atoms with van der Waals surface area (Å²) in [5, 5.41) is 16.3. The van der Waals surface area contributed by atoms with Crippen LogP contribution in [0.5, 0.6) is 0 Å². The molecule has 4 aliphatic rings. The standard InChI is InChI=1S/C26H36N4O5S/c1-27-23(32)20-19-7-8-26(36-19)21(20)25(34)30(18(16-31)15-17-5-3-2-4-6-17)22(26)24(33)28-9-10-29-11-13-35-14-12-29/h2-6,18-22,31H,7-16H2,1H3,(H,27,32)(H,28,33)/t18-,19-,20+,21+,22?,26?/m1/s1. The Hall–Kier alpha value is -2.14. The van der Waals surface area contributed by atoms with Gasteiger partial charge in [-0.2, -0.15) is 0 Å². The predicted molar refractivity (Wildman–Crippen MR) is 136 cm³/mol. The Balaban J connectivity index is 1.42. The Labute approximate surface area is 216 Å². The largest absolute Gasteiger partial charge is 0.394 e. The van der Waals surface area contributed by atoms with E-state index in [0.717, 1.165) is 31.6 Å². The molecule has 10 heteroatoms. The monoisotopic (exact) mass is 516 g/mol. The maximum absolute atomic E-state index is 14.0. The molecule has 5 rings (SSSR count). The van der Waals surface area contributed by atoms with Crippen molar-refractivity contribution >= 4 is 29.5 Å². The lowest BCUT2D eigenvalue weighted by molar-refractivity contribution is -0.142. The number of aliphatic hydroxyl groups excluding tert-OH is 1. The summed E-state index contributed by atoms with van der Waals surface area (Å²) in [6.07, 6.45) is 1.97. The molecule has 36 heavy (non-hydrogen) atoms. The number of morpholine rings is 1. The number of hydrogen-bond donors (Lipinski definition) is 3. The molecule has 4 aliphatic heterocycles. The lowest BCUT2D eigenvalue weighted by atomic mass is 9.71. The molecule has 4 saturated heterocycles. The van der Waals surface area contributed by atoms with Crippen LogP contribution in [0.15, 0.2) is 30.3 Å². The van der Waals surface area contributed by atoms with Gasteiger partial charge in [0.05, 0.1) is 42.4 Å². The minimum Gasteiger partial charge on any atom is -0.394 e. The summed E-state index contributed by atoms with van der Waals surface area (Å²) in [6, 6.07) is 8.46. The first-order valence-electron chi connectivity index (χ1n) is 12.9. The number of aliphatic hydroxyl groups is 1. The molecule has 1 aromatic rings. The van der Waals surface area contributed by atoms with Gasteiger partial charge in [0.2, 0.25) is 17.7 Å². The van der Waals surface area contributed by atoms with E-state index in [0.29, 0.717) is 32.6 Å². The van der Waals surface area contributed by atoms with E-state index in [2.05, 4.69) is 15.5 Å². The second-order valence-electron chi connectivity index (χ2n) is 10.2. The third-order valence-electron chi connectivity index (χ3n) is 8.28. The highest BCUT2D eigenvalue weighted by molar-refractivity contribution is 8.02. The van der Waals surface area contributed by atoms with Crippen LogP contribution in [0.2, 0.25) is 0 Å². The van der Waals surface area contributed by atoms with Gasteiger partial charge in [0.15, 0.2) is 0 Å². The van der Waals surface area contributed by atoms with Crippen LogP contribution in [-0.2, 0) is 25.5 Å². The van der Waals surface area contributed by atoms with Crippen molar-refractivity contribution in [1.29, 1.82) is 0 Å². The number of amides is 3. The minimum absolute atomic E-state index is 0.0337. The summed E-state index contributed by atoms with van der Waals surface area (Å²) in [5.74, 6) is -1.51. The average molecular weight is 517 g/mol. The number of benzene rings is 1. The minimum atomic E-state index is -0.717. The maximum Gasteiger partial charge on any atom is 0.244 e. The van der Waals surface area contributed by atoms with Crippen molar-refractivity contribution < 1.29 is 24.2 Å². The number of likely N-dealkylation sites (tertiary alicyclic amines) is 1. The van der Waals surface area contributed by atoms with E-state index >= 15 is 0 Å². The number of hydrogen-bond acceptors (Lipinski definition) is 7. The van der Waals surface area contributed by atoms with Crippen molar-refractivity contribution in [3.8, 4) is 0 Å². The molecule has 0 aliphatic carbocycles. The lowest BCUT2D eigenvalue weighted by Gasteiger charge is -2.37. The molecule has 3 N–H and O–H groups in total. The zero-order chi connectivity index (χ0) is 25.3.